The van der Waals surface area contributed by atoms with Gasteiger partial charge in [-0.15, -0.1) is 0 Å². The smallest absolute Gasteiger partial charge is 0.225 e. The molecular weight excluding hydrogens is 350 g/mol. The SMILES string of the molecule is CC1CN(Cc2cnc[nH]2)C(C)CN1CCC(=O)Nc1cccc(Cl)c1. The van der Waals surface area contributed by atoms with Crippen LogP contribution in [0.3, 0.4) is 0 Å². The van der Waals surface area contributed by atoms with Crippen molar-refractivity contribution in [2.45, 2.75) is 38.9 Å². The second-order valence-electron chi connectivity index (χ2n) is 7.01. The first-order valence-electron chi connectivity index (χ1n) is 9.02. The minimum atomic E-state index is 0.0204. The second-order valence-corrected chi connectivity index (χ2v) is 7.44. The number of carbonyl (C=O) groups is 1. The molecule has 0 spiro atoms. The van der Waals surface area contributed by atoms with Crippen LogP contribution in [0.25, 0.3) is 0 Å². The summed E-state index contributed by atoms with van der Waals surface area (Å²) < 4.78 is 0. The number of hydrogen-bond acceptors (Lipinski definition) is 4. The van der Waals surface area contributed by atoms with E-state index in [4.69, 9.17) is 11.6 Å². The van der Waals surface area contributed by atoms with Gasteiger partial charge < -0.3 is 10.3 Å². The van der Waals surface area contributed by atoms with Crippen LogP contribution in [0.15, 0.2) is 36.8 Å². The van der Waals surface area contributed by atoms with Crippen LogP contribution in [-0.4, -0.2) is 57.4 Å². The third-order valence-corrected chi connectivity index (χ3v) is 5.14. The number of hydrogen-bond donors (Lipinski definition) is 2. The zero-order valence-corrected chi connectivity index (χ0v) is 16.0. The predicted octanol–water partition coefficient (Wildman–Crippen LogP) is 2.99. The van der Waals surface area contributed by atoms with Crippen LogP contribution in [-0.2, 0) is 11.3 Å². The van der Waals surface area contributed by atoms with E-state index in [1.807, 2.05) is 18.3 Å². The molecule has 7 heteroatoms. The summed E-state index contributed by atoms with van der Waals surface area (Å²) in [7, 11) is 0. The minimum Gasteiger partial charge on any atom is -0.347 e. The fraction of sp³-hybridized carbons (Fsp3) is 0.474. The highest BCUT2D eigenvalue weighted by atomic mass is 35.5. The van der Waals surface area contributed by atoms with Crippen LogP contribution in [0, 0.1) is 0 Å². The van der Waals surface area contributed by atoms with E-state index in [1.54, 1.807) is 18.5 Å². The van der Waals surface area contributed by atoms with Gasteiger partial charge in [-0.3, -0.25) is 14.6 Å². The summed E-state index contributed by atoms with van der Waals surface area (Å²) in [5.74, 6) is 0.0204. The van der Waals surface area contributed by atoms with Gasteiger partial charge in [0, 0.05) is 67.3 Å². The predicted molar refractivity (Wildman–Crippen MR) is 104 cm³/mol. The summed E-state index contributed by atoms with van der Waals surface area (Å²) >= 11 is 5.96. The van der Waals surface area contributed by atoms with Gasteiger partial charge in [0.2, 0.25) is 5.91 Å². The number of halogens is 1. The number of aromatic amines is 1. The molecule has 0 radical (unpaired) electrons. The molecular formula is C19H26ClN5O. The highest BCUT2D eigenvalue weighted by Crippen LogP contribution is 2.18. The number of imidazole rings is 1. The van der Waals surface area contributed by atoms with Gasteiger partial charge in [0.15, 0.2) is 0 Å². The molecule has 1 fully saturated rings. The molecule has 2 atom stereocenters. The number of H-pyrrole nitrogens is 1. The number of amides is 1. The number of nitrogens with zero attached hydrogens (tertiary/aromatic N) is 3. The zero-order valence-electron chi connectivity index (χ0n) is 15.3. The van der Waals surface area contributed by atoms with Gasteiger partial charge in [0.1, 0.15) is 0 Å². The monoisotopic (exact) mass is 375 g/mol. The van der Waals surface area contributed by atoms with Gasteiger partial charge in [-0.25, -0.2) is 4.98 Å². The van der Waals surface area contributed by atoms with Gasteiger partial charge >= 0.3 is 0 Å². The third kappa shape index (κ3) is 5.06. The average Bonchev–Trinajstić information content (AvgIpc) is 3.10. The third-order valence-electron chi connectivity index (χ3n) is 4.91. The van der Waals surface area contributed by atoms with E-state index in [0.29, 0.717) is 23.5 Å². The summed E-state index contributed by atoms with van der Waals surface area (Å²) in [6.45, 7) is 8.04. The highest BCUT2D eigenvalue weighted by Gasteiger charge is 2.29. The first-order chi connectivity index (χ1) is 12.5. The van der Waals surface area contributed by atoms with Crippen LogP contribution in [0.1, 0.15) is 26.0 Å². The Morgan fingerprint density at radius 1 is 1.31 bits per heavy atom. The van der Waals surface area contributed by atoms with E-state index in [2.05, 4.69) is 38.9 Å². The van der Waals surface area contributed by atoms with Crippen LogP contribution < -0.4 is 5.32 Å². The molecule has 0 bridgehead atoms. The molecule has 2 heterocycles. The number of nitrogens with one attached hydrogen (secondary N) is 2. The van der Waals surface area contributed by atoms with E-state index in [0.717, 1.165) is 37.6 Å². The summed E-state index contributed by atoms with van der Waals surface area (Å²) in [4.78, 5) is 24.3. The van der Waals surface area contributed by atoms with Crippen molar-refractivity contribution in [3.8, 4) is 0 Å². The molecule has 1 aromatic carbocycles. The van der Waals surface area contributed by atoms with Crippen molar-refractivity contribution in [3.63, 3.8) is 0 Å². The average molecular weight is 376 g/mol. The Hall–Kier alpha value is -1.89. The van der Waals surface area contributed by atoms with Gasteiger partial charge in [0.05, 0.1) is 6.33 Å². The summed E-state index contributed by atoms with van der Waals surface area (Å²) in [6.07, 6.45) is 4.08. The molecule has 3 rings (SSSR count). The molecule has 0 saturated carbocycles. The van der Waals surface area contributed by atoms with Crippen molar-refractivity contribution >= 4 is 23.2 Å². The standard InChI is InChI=1S/C19H26ClN5O/c1-14-11-25(12-18-9-21-13-22-18)15(2)10-24(14)7-6-19(26)23-17-5-3-4-16(20)8-17/h3-5,8-9,13-15H,6-7,10-12H2,1-2H3,(H,21,22)(H,23,26). The minimum absolute atomic E-state index is 0.0204. The van der Waals surface area contributed by atoms with Crippen molar-refractivity contribution in [2.75, 3.05) is 25.0 Å². The molecule has 2 unspecified atom stereocenters. The lowest BCUT2D eigenvalue weighted by Gasteiger charge is -2.44. The van der Waals surface area contributed by atoms with Crippen molar-refractivity contribution < 1.29 is 4.79 Å². The van der Waals surface area contributed by atoms with E-state index >= 15 is 0 Å². The van der Waals surface area contributed by atoms with Crippen LogP contribution in [0.4, 0.5) is 5.69 Å². The van der Waals surface area contributed by atoms with E-state index in [9.17, 15) is 4.79 Å². The molecule has 2 aromatic rings. The molecule has 0 aliphatic carbocycles. The number of carbonyl (C=O) groups excluding carboxylic acids is 1. The van der Waals surface area contributed by atoms with E-state index in [1.165, 1.54) is 0 Å². The number of aromatic nitrogens is 2. The van der Waals surface area contributed by atoms with Crippen LogP contribution in [0.2, 0.25) is 5.02 Å². The molecule has 1 aromatic heterocycles. The molecule has 2 N–H and O–H groups in total. The van der Waals surface area contributed by atoms with Crippen molar-refractivity contribution in [2.24, 2.45) is 0 Å². The zero-order chi connectivity index (χ0) is 18.5. The van der Waals surface area contributed by atoms with Gasteiger partial charge in [-0.2, -0.15) is 0 Å². The van der Waals surface area contributed by atoms with Crippen molar-refractivity contribution in [1.82, 2.24) is 19.8 Å². The van der Waals surface area contributed by atoms with Gasteiger partial charge in [0.25, 0.3) is 0 Å². The number of anilines is 1. The number of benzene rings is 1. The Bertz CT molecular complexity index is 720. The first kappa shape index (κ1) is 18.9. The van der Waals surface area contributed by atoms with E-state index in [-0.39, 0.29) is 5.91 Å². The van der Waals surface area contributed by atoms with Crippen molar-refractivity contribution in [1.29, 1.82) is 0 Å². The van der Waals surface area contributed by atoms with Gasteiger partial charge in [-0.05, 0) is 32.0 Å². The Morgan fingerprint density at radius 2 is 2.08 bits per heavy atom. The maximum atomic E-state index is 12.2. The summed E-state index contributed by atoms with van der Waals surface area (Å²) in [5.41, 5.74) is 1.88. The molecule has 6 nitrogen and oxygen atoms in total. The van der Waals surface area contributed by atoms with Crippen LogP contribution >= 0.6 is 11.6 Å². The number of piperazine rings is 1. The largest absolute Gasteiger partial charge is 0.347 e. The first-order valence-corrected chi connectivity index (χ1v) is 9.40. The molecule has 1 amide bonds. The Kier molecular flexibility index (Phi) is 6.29. The van der Waals surface area contributed by atoms with Crippen LogP contribution in [0.5, 0.6) is 0 Å². The van der Waals surface area contributed by atoms with Crippen molar-refractivity contribution in [3.05, 3.63) is 47.5 Å². The molecule has 1 aliphatic rings. The van der Waals surface area contributed by atoms with E-state index < -0.39 is 0 Å². The highest BCUT2D eigenvalue weighted by molar-refractivity contribution is 6.30. The number of rotatable bonds is 6. The maximum Gasteiger partial charge on any atom is 0.225 e. The lowest BCUT2D eigenvalue weighted by Crippen LogP contribution is -2.56. The van der Waals surface area contributed by atoms with Gasteiger partial charge in [-0.1, -0.05) is 17.7 Å². The fourth-order valence-electron chi connectivity index (χ4n) is 3.43. The maximum absolute atomic E-state index is 12.2. The quantitative estimate of drug-likeness (QED) is 0.814. The molecule has 26 heavy (non-hydrogen) atoms. The Morgan fingerprint density at radius 3 is 2.81 bits per heavy atom. The molecule has 1 saturated heterocycles. The summed E-state index contributed by atoms with van der Waals surface area (Å²) in [6, 6.07) is 8.09. The molecule has 140 valence electrons. The lowest BCUT2D eigenvalue weighted by atomic mass is 10.1. The normalized spacial score (nSPS) is 21.7. The second kappa shape index (κ2) is 8.66. The topological polar surface area (TPSA) is 64.3 Å². The Labute approximate surface area is 159 Å². The summed E-state index contributed by atoms with van der Waals surface area (Å²) in [5, 5.41) is 3.54. The molecule has 1 aliphatic heterocycles. The lowest BCUT2D eigenvalue weighted by molar-refractivity contribution is -0.116. The Balaban J connectivity index is 1.47. The fourth-order valence-corrected chi connectivity index (χ4v) is 3.62.